The number of halogens is 2. The van der Waals surface area contributed by atoms with Gasteiger partial charge in [0, 0.05) is 24.6 Å². The zero-order valence-corrected chi connectivity index (χ0v) is 22.4. The van der Waals surface area contributed by atoms with Gasteiger partial charge in [0.25, 0.3) is 11.8 Å². The number of hydrogen-bond donors (Lipinski definition) is 1. The van der Waals surface area contributed by atoms with Crippen molar-refractivity contribution >= 4 is 46.8 Å². The van der Waals surface area contributed by atoms with E-state index in [1.54, 1.807) is 25.1 Å². The van der Waals surface area contributed by atoms with E-state index in [2.05, 4.69) is 0 Å². The maximum Gasteiger partial charge on any atom is 0.253 e. The van der Waals surface area contributed by atoms with Gasteiger partial charge in [-0.1, -0.05) is 49.1 Å². The summed E-state index contributed by atoms with van der Waals surface area (Å²) in [6.45, 7) is 1.74. The topological polar surface area (TPSA) is 95.0 Å². The van der Waals surface area contributed by atoms with E-state index >= 15 is 0 Å². The van der Waals surface area contributed by atoms with Crippen molar-refractivity contribution in [2.45, 2.75) is 73.6 Å². The fraction of sp³-hybridized carbons (Fsp3) is 0.571. The number of aryl methyl sites for hydroxylation is 1. The van der Waals surface area contributed by atoms with Crippen LogP contribution in [0.1, 0.15) is 62.0 Å². The van der Waals surface area contributed by atoms with Crippen LogP contribution >= 0.6 is 23.2 Å². The number of para-hydroxylation sites is 1. The number of benzene rings is 1. The van der Waals surface area contributed by atoms with Crippen molar-refractivity contribution in [1.82, 2.24) is 9.80 Å². The molecule has 9 heteroatoms. The molecule has 37 heavy (non-hydrogen) atoms. The van der Waals surface area contributed by atoms with Crippen molar-refractivity contribution in [3.05, 3.63) is 41.0 Å². The first-order valence-corrected chi connectivity index (χ1v) is 13.9. The van der Waals surface area contributed by atoms with E-state index in [0.29, 0.717) is 23.1 Å². The molecule has 0 aromatic heterocycles. The number of fused-ring (bicyclic) bond motifs is 4. The number of phenols is 1. The molecule has 6 atom stereocenters. The van der Waals surface area contributed by atoms with Gasteiger partial charge < -0.3 is 5.11 Å². The van der Waals surface area contributed by atoms with E-state index in [4.69, 9.17) is 23.2 Å². The minimum absolute atomic E-state index is 0.0253. The lowest BCUT2D eigenvalue weighted by Gasteiger charge is -2.50. The average Bonchev–Trinajstić information content (AvgIpc) is 3.21. The molecule has 3 aliphatic carbocycles. The van der Waals surface area contributed by atoms with E-state index in [1.165, 1.54) is 11.9 Å². The van der Waals surface area contributed by atoms with E-state index in [1.807, 2.05) is 6.08 Å². The zero-order valence-electron chi connectivity index (χ0n) is 20.9. The second kappa shape index (κ2) is 8.31. The highest BCUT2D eigenvalue weighted by atomic mass is 35.5. The summed E-state index contributed by atoms with van der Waals surface area (Å²) in [6, 6.07) is 5.10. The number of carbonyl (C=O) groups excluding carboxylic acids is 4. The van der Waals surface area contributed by atoms with Gasteiger partial charge in [0.15, 0.2) is 9.75 Å². The van der Waals surface area contributed by atoms with Crippen molar-refractivity contribution in [2.75, 3.05) is 7.05 Å². The number of rotatable bonds is 2. The highest BCUT2D eigenvalue weighted by molar-refractivity contribution is 6.53. The van der Waals surface area contributed by atoms with E-state index in [9.17, 15) is 24.3 Å². The molecule has 0 radical (unpaired) electrons. The monoisotopic (exact) mass is 544 g/mol. The first kappa shape index (κ1) is 24.9. The van der Waals surface area contributed by atoms with E-state index in [0.717, 1.165) is 37.0 Å². The van der Waals surface area contributed by atoms with Crippen molar-refractivity contribution in [1.29, 1.82) is 0 Å². The Morgan fingerprint density at radius 3 is 2.38 bits per heavy atom. The normalized spacial score (nSPS) is 38.0. The molecule has 4 fully saturated rings. The lowest BCUT2D eigenvalue weighted by atomic mass is 9.56. The van der Waals surface area contributed by atoms with Crippen molar-refractivity contribution < 1.29 is 24.3 Å². The summed E-state index contributed by atoms with van der Waals surface area (Å²) in [4.78, 5) is 53.3. The molecule has 0 bridgehead atoms. The second-order valence-electron chi connectivity index (χ2n) is 11.3. The highest BCUT2D eigenvalue weighted by Gasteiger charge is 2.76. The van der Waals surface area contributed by atoms with Crippen LogP contribution in [0.25, 0.3) is 0 Å². The molecule has 1 aromatic rings. The van der Waals surface area contributed by atoms with Gasteiger partial charge in [-0.25, -0.2) is 0 Å². The lowest BCUT2D eigenvalue weighted by Crippen LogP contribution is -2.60. The van der Waals surface area contributed by atoms with Gasteiger partial charge in [-0.05, 0) is 44.1 Å². The fourth-order valence-corrected chi connectivity index (χ4v) is 8.74. The molecule has 6 rings (SSSR count). The number of likely N-dealkylation sites (tertiary alicyclic amines) is 2. The van der Waals surface area contributed by atoms with Gasteiger partial charge in [-0.3, -0.25) is 29.0 Å². The Balaban J connectivity index is 1.51. The van der Waals surface area contributed by atoms with E-state index < -0.39 is 45.2 Å². The van der Waals surface area contributed by atoms with Crippen LogP contribution in [0.2, 0.25) is 0 Å². The Kier molecular flexibility index (Phi) is 5.60. The molecule has 6 unspecified atom stereocenters. The van der Waals surface area contributed by atoms with Crippen LogP contribution in [-0.2, 0) is 19.2 Å². The van der Waals surface area contributed by atoms with Gasteiger partial charge in [0.05, 0.1) is 11.8 Å². The summed E-state index contributed by atoms with van der Waals surface area (Å²) in [7, 11) is 1.36. The molecule has 7 nitrogen and oxygen atoms in total. The summed E-state index contributed by atoms with van der Waals surface area (Å²) in [6.07, 6.45) is 6.92. The van der Waals surface area contributed by atoms with Crippen LogP contribution < -0.4 is 0 Å². The zero-order chi connectivity index (χ0) is 26.4. The molecule has 2 saturated carbocycles. The number of aromatic hydroxyl groups is 1. The first-order chi connectivity index (χ1) is 17.5. The maximum atomic E-state index is 13.9. The van der Waals surface area contributed by atoms with Gasteiger partial charge in [-0.15, -0.1) is 23.2 Å². The molecule has 2 heterocycles. The highest BCUT2D eigenvalue weighted by Crippen LogP contribution is 2.66. The molecule has 4 amide bonds. The summed E-state index contributed by atoms with van der Waals surface area (Å²) >= 11 is 14.3. The number of alkyl halides is 2. The molecule has 1 aromatic carbocycles. The quantitative estimate of drug-likeness (QED) is 0.344. The summed E-state index contributed by atoms with van der Waals surface area (Å²) in [5.74, 6) is -4.31. The van der Waals surface area contributed by atoms with Crippen molar-refractivity contribution in [3.8, 4) is 5.75 Å². The molecule has 196 valence electrons. The van der Waals surface area contributed by atoms with Crippen LogP contribution in [0.15, 0.2) is 29.8 Å². The maximum absolute atomic E-state index is 13.9. The molecule has 2 saturated heterocycles. The van der Waals surface area contributed by atoms with Gasteiger partial charge in [0.2, 0.25) is 11.8 Å². The third-order valence-corrected chi connectivity index (χ3v) is 11.0. The van der Waals surface area contributed by atoms with Crippen LogP contribution in [0.5, 0.6) is 5.75 Å². The largest absolute Gasteiger partial charge is 0.507 e. The number of allylic oxidation sites excluding steroid dienone is 2. The molecule has 2 aliphatic heterocycles. The predicted molar refractivity (Wildman–Crippen MR) is 137 cm³/mol. The average molecular weight is 545 g/mol. The van der Waals surface area contributed by atoms with Crippen molar-refractivity contribution in [2.24, 2.45) is 17.8 Å². The van der Waals surface area contributed by atoms with Crippen molar-refractivity contribution in [3.63, 3.8) is 0 Å². The summed E-state index contributed by atoms with van der Waals surface area (Å²) in [5, 5.41) is 11.1. The third-order valence-electron chi connectivity index (χ3n) is 9.57. The smallest absolute Gasteiger partial charge is 0.253 e. The SMILES string of the molecule is Cc1cccc(C2C3=CCC4C(=O)N(C5CCCCC5)C(=O)C4C3CC3(Cl)C(=O)N(C)C(=O)C23Cl)c1O. The molecular weight excluding hydrogens is 515 g/mol. The van der Waals surface area contributed by atoms with Gasteiger partial charge in [-0.2, -0.15) is 0 Å². The second-order valence-corrected chi connectivity index (χ2v) is 12.6. The van der Waals surface area contributed by atoms with Crippen LogP contribution in [0, 0.1) is 24.7 Å². The minimum atomic E-state index is -1.88. The number of carbonyl (C=O) groups is 4. The van der Waals surface area contributed by atoms with Gasteiger partial charge >= 0.3 is 0 Å². The molecule has 1 N–H and O–H groups in total. The first-order valence-electron chi connectivity index (χ1n) is 13.1. The number of phenolic OH excluding ortho intramolecular Hbond substituents is 1. The minimum Gasteiger partial charge on any atom is -0.507 e. The van der Waals surface area contributed by atoms with E-state index in [-0.39, 0.29) is 30.0 Å². The summed E-state index contributed by atoms with van der Waals surface area (Å²) < 4.78 is 0. The molecule has 5 aliphatic rings. The standard InChI is InChI=1S/C28H30Cl2N2O5/c1-14-7-6-10-18(22(14)33)21-16-11-12-17-20(24(35)32(23(17)34)15-8-4-3-5-9-15)19(16)13-27(29)25(36)31(2)26(37)28(21,27)30/h6-7,10-11,15,17,19-21,33H,3-5,8-9,12-13H2,1-2H3. The Bertz CT molecular complexity index is 1270. The third kappa shape index (κ3) is 3.07. The Labute approximate surface area is 225 Å². The Hall–Kier alpha value is -2.38. The summed E-state index contributed by atoms with van der Waals surface area (Å²) in [5.41, 5.74) is 1.69. The predicted octanol–water partition coefficient (Wildman–Crippen LogP) is 4.02. The fourth-order valence-electron chi connectivity index (χ4n) is 7.73. The Morgan fingerprint density at radius 1 is 0.973 bits per heavy atom. The molecule has 0 spiro atoms. The number of imide groups is 2. The van der Waals surface area contributed by atoms with Crippen LogP contribution in [-0.4, -0.2) is 61.4 Å². The van der Waals surface area contributed by atoms with Gasteiger partial charge in [0.1, 0.15) is 5.75 Å². The molecular formula is C28H30Cl2N2O5. The van der Waals surface area contributed by atoms with Crippen LogP contribution in [0.4, 0.5) is 0 Å². The van der Waals surface area contributed by atoms with Crippen LogP contribution in [0.3, 0.4) is 0 Å². The number of nitrogens with zero attached hydrogens (tertiary/aromatic N) is 2. The number of hydrogen-bond acceptors (Lipinski definition) is 5. The lowest BCUT2D eigenvalue weighted by molar-refractivity contribution is -0.144. The number of amides is 4. The Morgan fingerprint density at radius 2 is 1.68 bits per heavy atom.